The van der Waals surface area contributed by atoms with Crippen LogP contribution >= 0.6 is 0 Å². The van der Waals surface area contributed by atoms with Crippen molar-refractivity contribution in [2.24, 2.45) is 5.73 Å². The molecule has 0 saturated heterocycles. The van der Waals surface area contributed by atoms with Crippen molar-refractivity contribution in [3.8, 4) is 11.5 Å². The lowest BCUT2D eigenvalue weighted by molar-refractivity contribution is -0.121. The Bertz CT molecular complexity index is 1570. The molecule has 0 aliphatic carbocycles. The van der Waals surface area contributed by atoms with Crippen LogP contribution < -0.4 is 20.5 Å². The van der Waals surface area contributed by atoms with Gasteiger partial charge in [-0.05, 0) is 117 Å². The van der Waals surface area contributed by atoms with Crippen LogP contribution in [0, 0.1) is 5.82 Å². The SMILES string of the molecule is COc1cc2c(cc1OC)C(CCCCN)N(CCCC(CCCNC(=O)CCc1ccc(F)cc1)(c1ccccc1)c1ccccc1)CC2. The average Bonchev–Trinajstić information content (AvgIpc) is 3.16. The molecule has 5 rings (SSSR count). The molecule has 0 saturated carbocycles. The van der Waals surface area contributed by atoms with Crippen LogP contribution in [-0.2, 0) is 23.1 Å². The maximum Gasteiger partial charge on any atom is 0.220 e. The Morgan fingerprint density at radius 3 is 2.14 bits per heavy atom. The number of unbranched alkanes of at least 4 members (excludes halogenated alkanes) is 1. The predicted molar refractivity (Wildman–Crippen MR) is 200 cm³/mol. The molecule has 7 heteroatoms. The number of carbonyl (C=O) groups excluding carboxylic acids is 1. The minimum atomic E-state index is -0.260. The Morgan fingerprint density at radius 1 is 0.860 bits per heavy atom. The number of amides is 1. The summed E-state index contributed by atoms with van der Waals surface area (Å²) in [7, 11) is 3.41. The Morgan fingerprint density at radius 2 is 1.50 bits per heavy atom. The number of benzene rings is 4. The van der Waals surface area contributed by atoms with E-state index in [9.17, 15) is 9.18 Å². The van der Waals surface area contributed by atoms with E-state index in [1.807, 2.05) is 0 Å². The number of aryl methyl sites for hydroxylation is 1. The van der Waals surface area contributed by atoms with Crippen LogP contribution in [0.1, 0.15) is 85.2 Å². The largest absolute Gasteiger partial charge is 0.493 e. The Hall–Kier alpha value is -4.20. The molecule has 266 valence electrons. The number of nitrogens with zero attached hydrogens (tertiary/aromatic N) is 1. The standard InChI is InChI=1S/C43H54FN3O3/c1-49-40-31-34-24-30-47(39(17-9-10-27-45)38(34)32-41(40)50-2)29-12-26-43(35-13-5-3-6-14-35,36-15-7-4-8-16-36)25-11-28-46-42(48)23-20-33-18-21-37(44)22-19-33/h3-8,13-16,18-19,21-22,31-32,39H,9-12,17,20,23-30,45H2,1-2H3,(H,46,48). The predicted octanol–water partition coefficient (Wildman–Crippen LogP) is 8.17. The maximum atomic E-state index is 13.3. The van der Waals surface area contributed by atoms with Crippen LogP contribution in [0.5, 0.6) is 11.5 Å². The molecule has 0 fully saturated rings. The fraction of sp³-hybridized carbons (Fsp3) is 0.419. The van der Waals surface area contributed by atoms with Gasteiger partial charge in [0.2, 0.25) is 5.91 Å². The monoisotopic (exact) mass is 679 g/mol. The van der Waals surface area contributed by atoms with Gasteiger partial charge in [0, 0.05) is 31.0 Å². The molecule has 3 N–H and O–H groups in total. The summed E-state index contributed by atoms with van der Waals surface area (Å²) in [6.45, 7) is 3.31. The number of ether oxygens (including phenoxy) is 2. The van der Waals surface area contributed by atoms with E-state index in [4.69, 9.17) is 15.2 Å². The fourth-order valence-corrected chi connectivity index (χ4v) is 7.75. The Kier molecular flexibility index (Phi) is 13.9. The summed E-state index contributed by atoms with van der Waals surface area (Å²) >= 11 is 0. The van der Waals surface area contributed by atoms with Crippen LogP contribution in [0.4, 0.5) is 4.39 Å². The van der Waals surface area contributed by atoms with E-state index in [2.05, 4.69) is 83.0 Å². The molecule has 4 aromatic carbocycles. The van der Waals surface area contributed by atoms with Gasteiger partial charge in [-0.25, -0.2) is 4.39 Å². The molecule has 1 heterocycles. The molecular formula is C43H54FN3O3. The van der Waals surface area contributed by atoms with Gasteiger partial charge < -0.3 is 20.5 Å². The van der Waals surface area contributed by atoms with E-state index in [1.54, 1.807) is 26.4 Å². The summed E-state index contributed by atoms with van der Waals surface area (Å²) < 4.78 is 24.7. The number of nitrogens with two attached hydrogens (primary N) is 1. The highest BCUT2D eigenvalue weighted by Crippen LogP contribution is 2.43. The zero-order valence-corrected chi connectivity index (χ0v) is 29.8. The summed E-state index contributed by atoms with van der Waals surface area (Å²) in [6, 6.07) is 32.8. The van der Waals surface area contributed by atoms with E-state index < -0.39 is 0 Å². The number of carbonyl (C=O) groups is 1. The molecule has 1 amide bonds. The molecule has 6 nitrogen and oxygen atoms in total. The number of fused-ring (bicyclic) bond motifs is 1. The molecule has 1 atom stereocenters. The molecule has 0 aromatic heterocycles. The van der Waals surface area contributed by atoms with Gasteiger partial charge in [0.1, 0.15) is 5.82 Å². The summed E-state index contributed by atoms with van der Waals surface area (Å²) in [6.07, 6.45) is 8.91. The second-order valence-corrected chi connectivity index (χ2v) is 13.5. The third-order valence-corrected chi connectivity index (χ3v) is 10.4. The smallest absolute Gasteiger partial charge is 0.220 e. The zero-order chi connectivity index (χ0) is 35.2. The number of hydrogen-bond donors (Lipinski definition) is 2. The van der Waals surface area contributed by atoms with Crippen molar-refractivity contribution in [3.63, 3.8) is 0 Å². The minimum absolute atomic E-state index is 0.0275. The fourth-order valence-electron chi connectivity index (χ4n) is 7.75. The van der Waals surface area contributed by atoms with Gasteiger partial charge in [0.15, 0.2) is 11.5 Å². The molecule has 1 aliphatic heterocycles. The highest BCUT2D eigenvalue weighted by molar-refractivity contribution is 5.76. The summed E-state index contributed by atoms with van der Waals surface area (Å²) in [5, 5.41) is 3.16. The Balaban J connectivity index is 1.31. The van der Waals surface area contributed by atoms with E-state index in [0.717, 1.165) is 81.5 Å². The van der Waals surface area contributed by atoms with Crippen molar-refractivity contribution in [2.75, 3.05) is 40.4 Å². The maximum absolute atomic E-state index is 13.3. The lowest BCUT2D eigenvalue weighted by Gasteiger charge is -2.40. The van der Waals surface area contributed by atoms with Crippen molar-refractivity contribution >= 4 is 5.91 Å². The highest BCUT2D eigenvalue weighted by atomic mass is 19.1. The molecular weight excluding hydrogens is 625 g/mol. The first-order chi connectivity index (χ1) is 24.5. The lowest BCUT2D eigenvalue weighted by Crippen LogP contribution is -2.37. The van der Waals surface area contributed by atoms with Gasteiger partial charge >= 0.3 is 0 Å². The molecule has 0 radical (unpaired) electrons. The second kappa shape index (κ2) is 18.7. The van der Waals surface area contributed by atoms with Gasteiger partial charge in [-0.15, -0.1) is 0 Å². The Labute approximate surface area is 298 Å². The molecule has 0 spiro atoms. The number of hydrogen-bond acceptors (Lipinski definition) is 5. The highest BCUT2D eigenvalue weighted by Gasteiger charge is 2.35. The van der Waals surface area contributed by atoms with Gasteiger partial charge in [0.25, 0.3) is 0 Å². The van der Waals surface area contributed by atoms with Gasteiger partial charge in [0.05, 0.1) is 14.2 Å². The first-order valence-corrected chi connectivity index (χ1v) is 18.3. The van der Waals surface area contributed by atoms with Gasteiger partial charge in [-0.2, -0.15) is 0 Å². The van der Waals surface area contributed by atoms with E-state index in [0.29, 0.717) is 32.0 Å². The average molecular weight is 680 g/mol. The third-order valence-electron chi connectivity index (χ3n) is 10.4. The van der Waals surface area contributed by atoms with Gasteiger partial charge in [-0.3, -0.25) is 9.69 Å². The number of nitrogens with one attached hydrogen (secondary N) is 1. The first-order valence-electron chi connectivity index (χ1n) is 18.3. The first kappa shape index (κ1) is 37.1. The second-order valence-electron chi connectivity index (χ2n) is 13.5. The number of halogens is 1. The van der Waals surface area contributed by atoms with Crippen molar-refractivity contribution in [2.45, 2.75) is 75.7 Å². The van der Waals surface area contributed by atoms with Crippen molar-refractivity contribution < 1.29 is 18.7 Å². The minimum Gasteiger partial charge on any atom is -0.493 e. The molecule has 1 unspecified atom stereocenters. The summed E-state index contributed by atoms with van der Waals surface area (Å²) in [5.41, 5.74) is 12.0. The summed E-state index contributed by atoms with van der Waals surface area (Å²) in [5.74, 6) is 1.34. The molecule has 0 bridgehead atoms. The van der Waals surface area contributed by atoms with E-state index in [-0.39, 0.29) is 17.1 Å². The molecule has 4 aromatic rings. The van der Waals surface area contributed by atoms with Crippen LogP contribution in [0.15, 0.2) is 97.1 Å². The van der Waals surface area contributed by atoms with Crippen LogP contribution in [0.3, 0.4) is 0 Å². The molecule has 1 aliphatic rings. The van der Waals surface area contributed by atoms with Crippen LogP contribution in [0.25, 0.3) is 0 Å². The van der Waals surface area contributed by atoms with Crippen molar-refractivity contribution in [3.05, 3.63) is 131 Å². The van der Waals surface area contributed by atoms with Crippen LogP contribution in [-0.4, -0.2) is 51.2 Å². The number of rotatable bonds is 19. The van der Waals surface area contributed by atoms with Crippen LogP contribution in [0.2, 0.25) is 0 Å². The normalized spacial score (nSPS) is 14.6. The van der Waals surface area contributed by atoms with Gasteiger partial charge in [-0.1, -0.05) is 79.2 Å². The quantitative estimate of drug-likeness (QED) is 0.0979. The summed E-state index contributed by atoms with van der Waals surface area (Å²) in [4.78, 5) is 15.4. The van der Waals surface area contributed by atoms with E-state index >= 15 is 0 Å². The lowest BCUT2D eigenvalue weighted by atomic mass is 9.68. The zero-order valence-electron chi connectivity index (χ0n) is 29.8. The topological polar surface area (TPSA) is 76.8 Å². The van der Waals surface area contributed by atoms with Crippen molar-refractivity contribution in [1.29, 1.82) is 0 Å². The van der Waals surface area contributed by atoms with Crippen molar-refractivity contribution in [1.82, 2.24) is 10.2 Å². The number of methoxy groups -OCH3 is 2. The molecule has 50 heavy (non-hydrogen) atoms. The third kappa shape index (κ3) is 9.52. The van der Waals surface area contributed by atoms with E-state index in [1.165, 1.54) is 34.4 Å².